The summed E-state index contributed by atoms with van der Waals surface area (Å²) in [7, 11) is 0. The van der Waals surface area contributed by atoms with Gasteiger partial charge in [-0.05, 0) is 34.5 Å². The number of hydrogen-bond acceptors (Lipinski definition) is 6. The Labute approximate surface area is 124 Å². The molecule has 7 heteroatoms. The Bertz CT molecular complexity index is 532. The van der Waals surface area contributed by atoms with Gasteiger partial charge in [0.2, 0.25) is 0 Å². The van der Waals surface area contributed by atoms with Gasteiger partial charge in [-0.1, -0.05) is 30.3 Å². The normalized spacial score (nSPS) is 10.9. The molecule has 102 valence electrons. The predicted octanol–water partition coefficient (Wildman–Crippen LogP) is 3.23. The number of pyridine rings is 1. The summed E-state index contributed by atoms with van der Waals surface area (Å²) >= 11 is 4.78. The van der Waals surface area contributed by atoms with E-state index in [2.05, 4.69) is 50.3 Å². The first kappa shape index (κ1) is 14.4. The van der Waals surface area contributed by atoms with E-state index in [1.165, 1.54) is 11.3 Å². The highest BCUT2D eigenvalue weighted by atomic mass is 79.9. The van der Waals surface area contributed by atoms with Crippen LogP contribution >= 0.6 is 27.3 Å². The van der Waals surface area contributed by atoms with Crippen molar-refractivity contribution in [3.8, 4) is 10.9 Å². The molecule has 1 N–H and O–H groups in total. The van der Waals surface area contributed by atoms with Crippen LogP contribution in [0.2, 0.25) is 0 Å². The molecule has 5 nitrogen and oxygen atoms in total. The average molecular weight is 343 g/mol. The van der Waals surface area contributed by atoms with Gasteiger partial charge in [-0.2, -0.15) is 0 Å². The first-order valence-electron chi connectivity index (χ1n) is 5.95. The van der Waals surface area contributed by atoms with Gasteiger partial charge >= 0.3 is 0 Å². The zero-order valence-corrected chi connectivity index (χ0v) is 13.2. The Hall–Kier alpha value is -1.05. The van der Waals surface area contributed by atoms with E-state index in [0.29, 0.717) is 16.9 Å². The highest BCUT2D eigenvalue weighted by Gasteiger charge is 2.07. The third-order valence-corrected chi connectivity index (χ3v) is 3.40. The summed E-state index contributed by atoms with van der Waals surface area (Å²) in [4.78, 5) is 4.03. The van der Waals surface area contributed by atoms with Crippen LogP contribution in [0, 0.1) is 5.92 Å². The first-order valence-corrected chi connectivity index (χ1v) is 7.56. The molecule has 0 unspecified atom stereocenters. The summed E-state index contributed by atoms with van der Waals surface area (Å²) in [6.45, 7) is 6.02. The van der Waals surface area contributed by atoms with Gasteiger partial charge in [0.25, 0.3) is 5.19 Å². The molecular weight excluding hydrogens is 328 g/mol. The number of rotatable bonds is 6. The van der Waals surface area contributed by atoms with Crippen LogP contribution in [-0.4, -0.2) is 21.7 Å². The molecule has 0 fully saturated rings. The van der Waals surface area contributed by atoms with Crippen molar-refractivity contribution < 1.29 is 4.74 Å². The maximum absolute atomic E-state index is 5.59. The number of nitrogens with one attached hydrogen (secondary N) is 1. The molecule has 0 spiro atoms. The summed E-state index contributed by atoms with van der Waals surface area (Å²) < 4.78 is 6.46. The largest absolute Gasteiger partial charge is 0.428 e. The van der Waals surface area contributed by atoms with Gasteiger partial charge in [-0.3, -0.25) is 4.98 Å². The van der Waals surface area contributed by atoms with Crippen molar-refractivity contribution in [3.05, 3.63) is 27.9 Å². The van der Waals surface area contributed by atoms with E-state index in [1.807, 2.05) is 6.07 Å². The molecule has 2 rings (SSSR count). The number of hydrogen-bond donors (Lipinski definition) is 1. The van der Waals surface area contributed by atoms with Crippen molar-refractivity contribution in [1.82, 2.24) is 20.5 Å². The van der Waals surface area contributed by atoms with E-state index in [1.54, 1.807) is 12.4 Å². The molecule has 0 aliphatic carbocycles. The predicted molar refractivity (Wildman–Crippen MR) is 78.5 cm³/mol. The topological polar surface area (TPSA) is 59.9 Å². The van der Waals surface area contributed by atoms with Gasteiger partial charge in [0.1, 0.15) is 10.8 Å². The molecule has 0 atom stereocenters. The lowest BCUT2D eigenvalue weighted by molar-refractivity contribution is 0.470. The fourth-order valence-electron chi connectivity index (χ4n) is 1.37. The highest BCUT2D eigenvalue weighted by molar-refractivity contribution is 9.10. The zero-order valence-electron chi connectivity index (χ0n) is 10.8. The van der Waals surface area contributed by atoms with E-state index in [0.717, 1.165) is 22.6 Å². The van der Waals surface area contributed by atoms with Crippen LogP contribution in [0.3, 0.4) is 0 Å². The smallest absolute Gasteiger partial charge is 0.299 e. The number of ether oxygens (including phenoxy) is 1. The van der Waals surface area contributed by atoms with Crippen LogP contribution in [0.15, 0.2) is 22.9 Å². The molecule has 0 aliphatic heterocycles. The molecule has 0 radical (unpaired) electrons. The molecule has 2 aromatic rings. The van der Waals surface area contributed by atoms with Crippen molar-refractivity contribution in [3.63, 3.8) is 0 Å². The van der Waals surface area contributed by atoms with Gasteiger partial charge in [0.15, 0.2) is 0 Å². The molecular formula is C12H15BrN4OS. The minimum Gasteiger partial charge on any atom is -0.428 e. The van der Waals surface area contributed by atoms with Crippen LogP contribution in [0.4, 0.5) is 0 Å². The third kappa shape index (κ3) is 4.85. The van der Waals surface area contributed by atoms with Gasteiger partial charge in [-0.25, -0.2) is 0 Å². The summed E-state index contributed by atoms with van der Waals surface area (Å²) in [5.74, 6) is 1.27. The lowest BCUT2D eigenvalue weighted by atomic mass is 10.2. The van der Waals surface area contributed by atoms with Crippen molar-refractivity contribution in [2.45, 2.75) is 20.4 Å². The van der Waals surface area contributed by atoms with Crippen molar-refractivity contribution >= 4 is 27.3 Å². The van der Waals surface area contributed by atoms with Crippen molar-refractivity contribution in [2.24, 2.45) is 5.92 Å². The van der Waals surface area contributed by atoms with E-state index >= 15 is 0 Å². The maximum atomic E-state index is 5.59. The quantitative estimate of drug-likeness (QED) is 0.873. The van der Waals surface area contributed by atoms with Gasteiger partial charge in [0.05, 0.1) is 6.20 Å². The maximum Gasteiger partial charge on any atom is 0.299 e. The van der Waals surface area contributed by atoms with Crippen LogP contribution in [0.1, 0.15) is 18.9 Å². The van der Waals surface area contributed by atoms with Crippen LogP contribution < -0.4 is 10.1 Å². The summed E-state index contributed by atoms with van der Waals surface area (Å²) in [5, 5.41) is 12.8. The molecule has 0 bridgehead atoms. The second kappa shape index (κ2) is 6.93. The lowest BCUT2D eigenvalue weighted by Crippen LogP contribution is -2.18. The summed E-state index contributed by atoms with van der Waals surface area (Å²) in [5.41, 5.74) is 0. The fourth-order valence-corrected chi connectivity index (χ4v) is 2.39. The Kier molecular flexibility index (Phi) is 5.24. The standard InChI is InChI=1S/C12H15BrN4OS/c1-8(2)4-14-7-11-16-17-12(19-11)18-10-3-9(13)5-15-6-10/h3,5-6,8,14H,4,7H2,1-2H3. The monoisotopic (exact) mass is 342 g/mol. The Morgan fingerprint density at radius 3 is 2.95 bits per heavy atom. The second-order valence-electron chi connectivity index (χ2n) is 4.43. The highest BCUT2D eigenvalue weighted by Crippen LogP contribution is 2.25. The second-order valence-corrected chi connectivity index (χ2v) is 6.37. The van der Waals surface area contributed by atoms with Crippen molar-refractivity contribution in [2.75, 3.05) is 6.54 Å². The van der Waals surface area contributed by atoms with Gasteiger partial charge in [0, 0.05) is 17.2 Å². The minimum atomic E-state index is 0.529. The summed E-state index contributed by atoms with van der Waals surface area (Å²) in [6.07, 6.45) is 3.34. The van der Waals surface area contributed by atoms with E-state index in [4.69, 9.17) is 4.74 Å². The molecule has 0 saturated heterocycles. The zero-order chi connectivity index (χ0) is 13.7. The molecule has 0 aliphatic rings. The van der Waals surface area contributed by atoms with Crippen LogP contribution in [-0.2, 0) is 6.54 Å². The van der Waals surface area contributed by atoms with Crippen LogP contribution in [0.25, 0.3) is 0 Å². The molecule has 2 heterocycles. The Morgan fingerprint density at radius 1 is 1.37 bits per heavy atom. The minimum absolute atomic E-state index is 0.529. The van der Waals surface area contributed by atoms with Gasteiger partial charge < -0.3 is 10.1 Å². The number of halogens is 1. The average Bonchev–Trinajstić information content (AvgIpc) is 2.76. The van der Waals surface area contributed by atoms with Gasteiger partial charge in [-0.15, -0.1) is 5.10 Å². The van der Waals surface area contributed by atoms with Crippen molar-refractivity contribution in [1.29, 1.82) is 0 Å². The SMILES string of the molecule is CC(C)CNCc1nnc(Oc2cncc(Br)c2)s1. The molecule has 0 saturated carbocycles. The van der Waals surface area contributed by atoms with E-state index in [-0.39, 0.29) is 0 Å². The molecule has 19 heavy (non-hydrogen) atoms. The molecule has 0 aromatic carbocycles. The van der Waals surface area contributed by atoms with Crippen LogP contribution in [0.5, 0.6) is 10.9 Å². The number of aromatic nitrogens is 3. The Morgan fingerprint density at radius 2 is 2.21 bits per heavy atom. The van der Waals surface area contributed by atoms with E-state index < -0.39 is 0 Å². The molecule has 2 aromatic heterocycles. The fraction of sp³-hybridized carbons (Fsp3) is 0.417. The first-order chi connectivity index (χ1) is 9.13. The summed E-state index contributed by atoms with van der Waals surface area (Å²) in [6, 6.07) is 1.84. The third-order valence-electron chi connectivity index (χ3n) is 2.16. The molecule has 0 amide bonds. The van der Waals surface area contributed by atoms with E-state index in [9.17, 15) is 0 Å². The Balaban J connectivity index is 1.90. The lowest BCUT2D eigenvalue weighted by Gasteiger charge is -2.04. The number of nitrogens with zero attached hydrogens (tertiary/aromatic N) is 3.